The summed E-state index contributed by atoms with van der Waals surface area (Å²) < 4.78 is 26.0. The van der Waals surface area contributed by atoms with E-state index in [1.165, 1.54) is 6.07 Å². The third-order valence-electron chi connectivity index (χ3n) is 4.12. The summed E-state index contributed by atoms with van der Waals surface area (Å²) in [5.41, 5.74) is 1.55. The van der Waals surface area contributed by atoms with Gasteiger partial charge in [0.2, 0.25) is 5.91 Å². The van der Waals surface area contributed by atoms with Gasteiger partial charge >= 0.3 is 0 Å². The maximum Gasteiger partial charge on any atom is 0.241 e. The predicted octanol–water partition coefficient (Wildman–Crippen LogP) is 2.73. The van der Waals surface area contributed by atoms with E-state index in [9.17, 15) is 13.6 Å². The van der Waals surface area contributed by atoms with Crippen molar-refractivity contribution in [3.63, 3.8) is 0 Å². The topological polar surface area (TPSA) is 35.6 Å². The summed E-state index contributed by atoms with van der Waals surface area (Å²) in [5, 5.41) is 2.84. The molecule has 1 amide bonds. The standard InChI is InChI=1S/C18H19F2N3O/c19-16-7-6-14(12-17(16)20)21-13-18(24)23-10-8-22(9-11-23)15-4-2-1-3-5-15/h1-7,12,21H,8-11,13H2. The largest absolute Gasteiger partial charge is 0.376 e. The minimum Gasteiger partial charge on any atom is -0.376 e. The van der Waals surface area contributed by atoms with Crippen molar-refractivity contribution in [2.45, 2.75) is 0 Å². The molecular formula is C18H19F2N3O. The van der Waals surface area contributed by atoms with Gasteiger partial charge in [-0.1, -0.05) is 18.2 Å². The molecule has 1 saturated heterocycles. The molecule has 0 bridgehead atoms. The molecule has 1 aliphatic rings. The van der Waals surface area contributed by atoms with E-state index in [-0.39, 0.29) is 12.5 Å². The first-order chi connectivity index (χ1) is 11.6. The minimum absolute atomic E-state index is 0.0487. The summed E-state index contributed by atoms with van der Waals surface area (Å²) in [4.78, 5) is 16.3. The van der Waals surface area contributed by atoms with Crippen LogP contribution in [0.15, 0.2) is 48.5 Å². The van der Waals surface area contributed by atoms with Gasteiger partial charge in [-0.25, -0.2) is 8.78 Å². The fourth-order valence-corrected chi connectivity index (χ4v) is 2.75. The van der Waals surface area contributed by atoms with Crippen LogP contribution in [0.2, 0.25) is 0 Å². The maximum atomic E-state index is 13.1. The Morgan fingerprint density at radius 1 is 0.958 bits per heavy atom. The molecule has 0 aromatic heterocycles. The minimum atomic E-state index is -0.927. The van der Waals surface area contributed by atoms with Crippen LogP contribution in [0.1, 0.15) is 0 Å². The highest BCUT2D eigenvalue weighted by Crippen LogP contribution is 2.16. The molecule has 1 N–H and O–H groups in total. The summed E-state index contributed by atoms with van der Waals surface area (Å²) in [6.45, 7) is 2.92. The van der Waals surface area contributed by atoms with Crippen LogP contribution in [0.25, 0.3) is 0 Å². The van der Waals surface area contributed by atoms with Gasteiger partial charge in [-0.2, -0.15) is 0 Å². The Kier molecular flexibility index (Phi) is 4.93. The van der Waals surface area contributed by atoms with E-state index in [1.54, 1.807) is 4.90 Å². The number of carbonyl (C=O) groups excluding carboxylic acids is 1. The molecule has 1 fully saturated rings. The van der Waals surface area contributed by atoms with Gasteiger partial charge in [0.25, 0.3) is 0 Å². The average molecular weight is 331 g/mol. The van der Waals surface area contributed by atoms with Gasteiger partial charge in [0.05, 0.1) is 6.54 Å². The number of hydrogen-bond donors (Lipinski definition) is 1. The van der Waals surface area contributed by atoms with Crippen LogP contribution in [0.4, 0.5) is 20.2 Å². The van der Waals surface area contributed by atoms with Crippen molar-refractivity contribution in [2.75, 3.05) is 42.9 Å². The van der Waals surface area contributed by atoms with Crippen LogP contribution in [0, 0.1) is 11.6 Å². The molecule has 2 aromatic rings. The summed E-state index contributed by atoms with van der Waals surface area (Å²) in [5.74, 6) is -1.87. The first-order valence-electron chi connectivity index (χ1n) is 7.90. The van der Waals surface area contributed by atoms with Crippen LogP contribution in [0.5, 0.6) is 0 Å². The Morgan fingerprint density at radius 3 is 2.33 bits per heavy atom. The smallest absolute Gasteiger partial charge is 0.241 e. The second-order valence-electron chi connectivity index (χ2n) is 5.69. The van der Waals surface area contributed by atoms with Crippen molar-refractivity contribution < 1.29 is 13.6 Å². The summed E-state index contributed by atoms with van der Waals surface area (Å²) in [6, 6.07) is 13.6. The molecule has 0 saturated carbocycles. The highest BCUT2D eigenvalue weighted by molar-refractivity contribution is 5.81. The van der Waals surface area contributed by atoms with Gasteiger partial charge in [0.1, 0.15) is 0 Å². The van der Waals surface area contributed by atoms with Crippen molar-refractivity contribution in [3.8, 4) is 0 Å². The van der Waals surface area contributed by atoms with Crippen LogP contribution in [-0.2, 0) is 4.79 Å². The van der Waals surface area contributed by atoms with Gasteiger partial charge in [-0.3, -0.25) is 4.79 Å². The Hall–Kier alpha value is -2.63. The zero-order valence-electron chi connectivity index (χ0n) is 13.2. The molecule has 6 heteroatoms. The van der Waals surface area contributed by atoms with Gasteiger partial charge < -0.3 is 15.1 Å². The normalized spacial score (nSPS) is 14.6. The molecule has 0 radical (unpaired) electrons. The van der Waals surface area contributed by atoms with E-state index in [4.69, 9.17) is 0 Å². The van der Waals surface area contributed by atoms with Crippen molar-refractivity contribution >= 4 is 17.3 Å². The van der Waals surface area contributed by atoms with E-state index in [2.05, 4.69) is 22.3 Å². The number of halogens is 2. The Balaban J connectivity index is 1.49. The number of amides is 1. The second kappa shape index (κ2) is 7.29. The van der Waals surface area contributed by atoms with E-state index in [1.807, 2.05) is 18.2 Å². The van der Waals surface area contributed by atoms with Crippen molar-refractivity contribution in [1.29, 1.82) is 0 Å². The number of nitrogens with zero attached hydrogens (tertiary/aromatic N) is 2. The number of piperazine rings is 1. The second-order valence-corrected chi connectivity index (χ2v) is 5.69. The number of rotatable bonds is 4. The highest BCUT2D eigenvalue weighted by atomic mass is 19.2. The predicted molar refractivity (Wildman–Crippen MR) is 90.1 cm³/mol. The zero-order chi connectivity index (χ0) is 16.9. The molecule has 0 aliphatic carbocycles. The van der Waals surface area contributed by atoms with Gasteiger partial charge in [0.15, 0.2) is 11.6 Å². The number of benzene rings is 2. The van der Waals surface area contributed by atoms with Crippen molar-refractivity contribution in [1.82, 2.24) is 4.90 Å². The maximum absolute atomic E-state index is 13.1. The molecule has 3 rings (SSSR count). The highest BCUT2D eigenvalue weighted by Gasteiger charge is 2.20. The van der Waals surface area contributed by atoms with Crippen molar-refractivity contribution in [2.24, 2.45) is 0 Å². The number of anilines is 2. The van der Waals surface area contributed by atoms with Crippen LogP contribution in [0.3, 0.4) is 0 Å². The number of carbonyl (C=O) groups is 1. The molecule has 0 spiro atoms. The quantitative estimate of drug-likeness (QED) is 0.936. The molecule has 1 aliphatic heterocycles. The molecule has 4 nitrogen and oxygen atoms in total. The van der Waals surface area contributed by atoms with E-state index < -0.39 is 11.6 Å². The van der Waals surface area contributed by atoms with Crippen LogP contribution >= 0.6 is 0 Å². The molecule has 0 unspecified atom stereocenters. The SMILES string of the molecule is O=C(CNc1ccc(F)c(F)c1)N1CCN(c2ccccc2)CC1. The Labute approximate surface area is 139 Å². The zero-order valence-corrected chi connectivity index (χ0v) is 13.2. The van der Waals surface area contributed by atoms with Gasteiger partial charge in [-0.05, 0) is 24.3 Å². The summed E-state index contributed by atoms with van der Waals surface area (Å²) in [6.07, 6.45) is 0. The van der Waals surface area contributed by atoms with Crippen LogP contribution < -0.4 is 10.2 Å². The monoisotopic (exact) mass is 331 g/mol. The van der Waals surface area contributed by atoms with E-state index in [0.717, 1.165) is 30.9 Å². The molecule has 2 aromatic carbocycles. The Morgan fingerprint density at radius 2 is 1.67 bits per heavy atom. The lowest BCUT2D eigenvalue weighted by Crippen LogP contribution is -2.50. The number of nitrogens with one attached hydrogen (secondary N) is 1. The molecule has 24 heavy (non-hydrogen) atoms. The fourth-order valence-electron chi connectivity index (χ4n) is 2.75. The Bertz CT molecular complexity index is 701. The average Bonchev–Trinajstić information content (AvgIpc) is 2.63. The lowest BCUT2D eigenvalue weighted by atomic mass is 10.2. The molecule has 126 valence electrons. The molecular weight excluding hydrogens is 312 g/mol. The van der Waals surface area contributed by atoms with E-state index >= 15 is 0 Å². The third kappa shape index (κ3) is 3.82. The lowest BCUT2D eigenvalue weighted by molar-refractivity contribution is -0.129. The summed E-state index contributed by atoms with van der Waals surface area (Å²) in [7, 11) is 0. The first kappa shape index (κ1) is 16.2. The van der Waals surface area contributed by atoms with Gasteiger partial charge in [-0.15, -0.1) is 0 Å². The first-order valence-corrected chi connectivity index (χ1v) is 7.90. The van der Waals surface area contributed by atoms with E-state index in [0.29, 0.717) is 18.8 Å². The summed E-state index contributed by atoms with van der Waals surface area (Å²) >= 11 is 0. The number of para-hydroxylation sites is 1. The van der Waals surface area contributed by atoms with Crippen LogP contribution in [-0.4, -0.2) is 43.5 Å². The fraction of sp³-hybridized carbons (Fsp3) is 0.278. The van der Waals surface area contributed by atoms with Crippen molar-refractivity contribution in [3.05, 3.63) is 60.2 Å². The lowest BCUT2D eigenvalue weighted by Gasteiger charge is -2.36. The molecule has 0 atom stereocenters. The third-order valence-corrected chi connectivity index (χ3v) is 4.12. The molecule has 1 heterocycles. The van der Waals surface area contributed by atoms with Gasteiger partial charge in [0, 0.05) is 43.6 Å². The number of hydrogen-bond acceptors (Lipinski definition) is 3.